The van der Waals surface area contributed by atoms with E-state index in [4.69, 9.17) is 4.74 Å². The zero-order chi connectivity index (χ0) is 10.0. The van der Waals surface area contributed by atoms with Crippen LogP contribution in [0.4, 0.5) is 0 Å². The number of hydrogen-bond acceptors (Lipinski definition) is 2. The molecule has 1 unspecified atom stereocenters. The maximum absolute atomic E-state index is 5.57. The van der Waals surface area contributed by atoms with Gasteiger partial charge >= 0.3 is 0 Å². The van der Waals surface area contributed by atoms with E-state index in [2.05, 4.69) is 19.2 Å². The van der Waals surface area contributed by atoms with Crippen molar-refractivity contribution in [1.82, 2.24) is 5.32 Å². The predicted octanol–water partition coefficient (Wildman–Crippen LogP) is 2.19. The highest BCUT2D eigenvalue weighted by atomic mass is 16.5. The Morgan fingerprint density at radius 2 is 2.21 bits per heavy atom. The lowest BCUT2D eigenvalue weighted by Gasteiger charge is -2.29. The summed E-state index contributed by atoms with van der Waals surface area (Å²) in [7, 11) is 0. The second-order valence-electron chi connectivity index (χ2n) is 5.56. The summed E-state index contributed by atoms with van der Waals surface area (Å²) in [5, 5.41) is 3.66. The third-order valence-corrected chi connectivity index (χ3v) is 3.37. The highest BCUT2D eigenvalue weighted by Gasteiger charge is 2.36. The van der Waals surface area contributed by atoms with Crippen LogP contribution in [-0.2, 0) is 4.74 Å². The van der Waals surface area contributed by atoms with Gasteiger partial charge in [0.05, 0.1) is 6.61 Å². The smallest absolute Gasteiger partial charge is 0.0535 e. The second-order valence-corrected chi connectivity index (χ2v) is 5.56. The average molecular weight is 197 g/mol. The molecule has 14 heavy (non-hydrogen) atoms. The van der Waals surface area contributed by atoms with Crippen LogP contribution in [0.2, 0.25) is 0 Å². The standard InChI is InChI=1S/C12H23NO/c1-10(2)7-12(5-6-14-9-12)8-13-11-3-4-11/h10-11,13H,3-9H2,1-2H3. The number of hydrogen-bond donors (Lipinski definition) is 1. The highest BCUT2D eigenvalue weighted by Crippen LogP contribution is 2.35. The highest BCUT2D eigenvalue weighted by molar-refractivity contribution is 4.90. The molecular weight excluding hydrogens is 174 g/mol. The van der Waals surface area contributed by atoms with Gasteiger partial charge in [0.1, 0.15) is 0 Å². The van der Waals surface area contributed by atoms with Crippen LogP contribution in [-0.4, -0.2) is 25.8 Å². The van der Waals surface area contributed by atoms with Gasteiger partial charge in [0, 0.05) is 24.6 Å². The predicted molar refractivity (Wildman–Crippen MR) is 58.3 cm³/mol. The fourth-order valence-corrected chi connectivity index (χ4v) is 2.54. The van der Waals surface area contributed by atoms with Gasteiger partial charge in [-0.3, -0.25) is 0 Å². The molecule has 2 rings (SSSR count). The molecule has 1 aliphatic carbocycles. The van der Waals surface area contributed by atoms with E-state index >= 15 is 0 Å². The summed E-state index contributed by atoms with van der Waals surface area (Å²) < 4.78 is 5.57. The summed E-state index contributed by atoms with van der Waals surface area (Å²) in [6.07, 6.45) is 5.34. The van der Waals surface area contributed by atoms with Crippen molar-refractivity contribution in [3.8, 4) is 0 Å². The molecule has 0 amide bonds. The monoisotopic (exact) mass is 197 g/mol. The van der Waals surface area contributed by atoms with Crippen molar-refractivity contribution in [2.75, 3.05) is 19.8 Å². The first-order valence-electron chi connectivity index (χ1n) is 6.01. The SMILES string of the molecule is CC(C)CC1(CNC2CC2)CCOC1. The van der Waals surface area contributed by atoms with Crippen LogP contribution in [0.15, 0.2) is 0 Å². The molecule has 1 aliphatic heterocycles. The molecule has 0 aromatic rings. The van der Waals surface area contributed by atoms with Crippen molar-refractivity contribution in [3.63, 3.8) is 0 Å². The first-order valence-corrected chi connectivity index (χ1v) is 6.01. The van der Waals surface area contributed by atoms with Crippen molar-refractivity contribution in [1.29, 1.82) is 0 Å². The average Bonchev–Trinajstić information content (AvgIpc) is 2.85. The van der Waals surface area contributed by atoms with Crippen molar-refractivity contribution in [3.05, 3.63) is 0 Å². The van der Waals surface area contributed by atoms with E-state index in [1.165, 1.54) is 32.2 Å². The van der Waals surface area contributed by atoms with Crippen LogP contribution in [0, 0.1) is 11.3 Å². The number of rotatable bonds is 5. The largest absolute Gasteiger partial charge is 0.381 e. The summed E-state index contributed by atoms with van der Waals surface area (Å²) >= 11 is 0. The van der Waals surface area contributed by atoms with Gasteiger partial charge in [-0.1, -0.05) is 13.8 Å². The maximum Gasteiger partial charge on any atom is 0.0535 e. The van der Waals surface area contributed by atoms with Gasteiger partial charge in [-0.25, -0.2) is 0 Å². The minimum Gasteiger partial charge on any atom is -0.381 e. The Hall–Kier alpha value is -0.0800. The first-order chi connectivity index (χ1) is 6.70. The third kappa shape index (κ3) is 2.71. The van der Waals surface area contributed by atoms with Gasteiger partial charge < -0.3 is 10.1 Å². The Balaban J connectivity index is 1.83. The zero-order valence-electron chi connectivity index (χ0n) is 9.51. The molecule has 0 radical (unpaired) electrons. The minimum atomic E-state index is 0.455. The Kier molecular flexibility index (Phi) is 3.13. The van der Waals surface area contributed by atoms with E-state index in [-0.39, 0.29) is 0 Å². The number of nitrogens with one attached hydrogen (secondary N) is 1. The van der Waals surface area contributed by atoms with Gasteiger partial charge in [0.15, 0.2) is 0 Å². The van der Waals surface area contributed by atoms with E-state index in [1.54, 1.807) is 0 Å². The van der Waals surface area contributed by atoms with Crippen LogP contribution in [0.3, 0.4) is 0 Å². The molecule has 1 N–H and O–H groups in total. The van der Waals surface area contributed by atoms with Gasteiger partial charge in [-0.2, -0.15) is 0 Å². The van der Waals surface area contributed by atoms with Crippen LogP contribution in [0.1, 0.15) is 39.5 Å². The Bertz CT molecular complexity index is 181. The molecule has 82 valence electrons. The normalized spacial score (nSPS) is 32.8. The molecule has 0 aromatic carbocycles. The van der Waals surface area contributed by atoms with Gasteiger partial charge in [-0.15, -0.1) is 0 Å². The van der Waals surface area contributed by atoms with Crippen molar-refractivity contribution in [2.45, 2.75) is 45.6 Å². The lowest BCUT2D eigenvalue weighted by Crippen LogP contribution is -2.37. The Morgan fingerprint density at radius 1 is 1.43 bits per heavy atom. The molecule has 1 atom stereocenters. The second kappa shape index (κ2) is 4.19. The summed E-state index contributed by atoms with van der Waals surface area (Å²) in [4.78, 5) is 0. The summed E-state index contributed by atoms with van der Waals surface area (Å²) in [5.41, 5.74) is 0.455. The molecule has 2 aliphatic rings. The lowest BCUT2D eigenvalue weighted by molar-refractivity contribution is 0.134. The topological polar surface area (TPSA) is 21.3 Å². The van der Waals surface area contributed by atoms with Gasteiger partial charge in [0.25, 0.3) is 0 Å². The summed E-state index contributed by atoms with van der Waals surface area (Å²) in [5.74, 6) is 0.790. The number of ether oxygens (including phenoxy) is 1. The van der Waals surface area contributed by atoms with Crippen molar-refractivity contribution < 1.29 is 4.74 Å². The van der Waals surface area contributed by atoms with Crippen LogP contribution in [0.5, 0.6) is 0 Å². The van der Waals surface area contributed by atoms with E-state index in [0.29, 0.717) is 5.41 Å². The summed E-state index contributed by atoms with van der Waals surface area (Å²) in [6, 6.07) is 0.833. The molecule has 1 saturated heterocycles. The lowest BCUT2D eigenvalue weighted by atomic mass is 9.79. The molecule has 0 aromatic heterocycles. The van der Waals surface area contributed by atoms with Gasteiger partial charge in [-0.05, 0) is 31.6 Å². The molecule has 2 nitrogen and oxygen atoms in total. The fraction of sp³-hybridized carbons (Fsp3) is 1.00. The molecule has 1 heterocycles. The third-order valence-electron chi connectivity index (χ3n) is 3.37. The van der Waals surface area contributed by atoms with Crippen LogP contribution < -0.4 is 5.32 Å². The molecule has 2 fully saturated rings. The van der Waals surface area contributed by atoms with E-state index < -0.39 is 0 Å². The maximum atomic E-state index is 5.57. The molecule has 0 spiro atoms. The van der Waals surface area contributed by atoms with E-state index in [0.717, 1.165) is 25.2 Å². The minimum absolute atomic E-state index is 0.455. The van der Waals surface area contributed by atoms with E-state index in [1.807, 2.05) is 0 Å². The summed E-state index contributed by atoms with van der Waals surface area (Å²) in [6.45, 7) is 7.76. The Labute approximate surface area is 87.4 Å². The van der Waals surface area contributed by atoms with Crippen molar-refractivity contribution in [2.24, 2.45) is 11.3 Å². The molecule has 2 heteroatoms. The van der Waals surface area contributed by atoms with Crippen LogP contribution in [0.25, 0.3) is 0 Å². The molecular formula is C12H23NO. The van der Waals surface area contributed by atoms with Gasteiger partial charge in [0.2, 0.25) is 0 Å². The first kappa shape index (κ1) is 10.4. The Morgan fingerprint density at radius 3 is 2.71 bits per heavy atom. The zero-order valence-corrected chi connectivity index (χ0v) is 9.51. The van der Waals surface area contributed by atoms with E-state index in [9.17, 15) is 0 Å². The molecule has 0 bridgehead atoms. The van der Waals surface area contributed by atoms with Crippen LogP contribution >= 0.6 is 0 Å². The quantitative estimate of drug-likeness (QED) is 0.729. The fourth-order valence-electron chi connectivity index (χ4n) is 2.54. The molecule has 1 saturated carbocycles. The van der Waals surface area contributed by atoms with Crippen molar-refractivity contribution >= 4 is 0 Å².